The van der Waals surface area contributed by atoms with Crippen LogP contribution in [0.2, 0.25) is 0 Å². The maximum absolute atomic E-state index is 11.5. The molecule has 0 bridgehead atoms. The summed E-state index contributed by atoms with van der Waals surface area (Å²) in [5.41, 5.74) is 3.22. The van der Waals surface area contributed by atoms with Crippen LogP contribution in [-0.4, -0.2) is 20.5 Å². The molecule has 6 heteroatoms. The van der Waals surface area contributed by atoms with Gasteiger partial charge in [-0.2, -0.15) is 5.26 Å². The van der Waals surface area contributed by atoms with Crippen molar-refractivity contribution in [2.75, 3.05) is 11.3 Å². The number of hydrogen-bond acceptors (Lipinski definition) is 5. The summed E-state index contributed by atoms with van der Waals surface area (Å²) in [5, 5.41) is 12.7. The van der Waals surface area contributed by atoms with E-state index in [1.54, 1.807) is 17.6 Å². The third-order valence-corrected chi connectivity index (χ3v) is 6.58. The van der Waals surface area contributed by atoms with Gasteiger partial charge in [-0.3, -0.25) is 4.21 Å². The van der Waals surface area contributed by atoms with Crippen LogP contribution in [0.5, 0.6) is 0 Å². The van der Waals surface area contributed by atoms with Gasteiger partial charge in [0.25, 0.3) is 0 Å². The Hall–Kier alpha value is -1.94. The van der Waals surface area contributed by atoms with Gasteiger partial charge in [0.1, 0.15) is 11.1 Å². The SMILES string of the molecule is CS(=O)CSc1nc(-c2cccs2)cc(-c2ccccc2)c1C#N. The number of thiophene rings is 1. The largest absolute Gasteiger partial charge is 0.259 e. The molecule has 3 rings (SSSR count). The van der Waals surface area contributed by atoms with E-state index in [4.69, 9.17) is 0 Å². The van der Waals surface area contributed by atoms with E-state index in [-0.39, 0.29) is 0 Å². The molecule has 0 saturated carbocycles. The standard InChI is InChI=1S/C18H14N2OS3/c1-24(21)12-23-18-15(11-19)14(13-6-3-2-4-7-13)10-16(20-18)17-8-5-9-22-17/h2-10H,12H2,1H3. The maximum Gasteiger partial charge on any atom is 0.116 e. The van der Waals surface area contributed by atoms with Crippen molar-refractivity contribution in [1.82, 2.24) is 4.98 Å². The first-order valence-corrected chi connectivity index (χ1v) is 10.8. The zero-order valence-electron chi connectivity index (χ0n) is 12.9. The van der Waals surface area contributed by atoms with Crippen LogP contribution in [0.15, 0.2) is 58.9 Å². The predicted octanol–water partition coefficient (Wildman–Crippen LogP) is 4.78. The summed E-state index contributed by atoms with van der Waals surface area (Å²) < 4.78 is 11.5. The van der Waals surface area contributed by atoms with Crippen LogP contribution < -0.4 is 0 Å². The Labute approximate surface area is 151 Å². The van der Waals surface area contributed by atoms with Gasteiger partial charge < -0.3 is 0 Å². The van der Waals surface area contributed by atoms with E-state index in [0.717, 1.165) is 21.7 Å². The van der Waals surface area contributed by atoms with Crippen molar-refractivity contribution in [2.45, 2.75) is 5.03 Å². The van der Waals surface area contributed by atoms with Crippen LogP contribution in [0.1, 0.15) is 5.56 Å². The average molecular weight is 371 g/mol. The minimum absolute atomic E-state index is 0.420. The molecule has 0 fully saturated rings. The zero-order chi connectivity index (χ0) is 16.9. The van der Waals surface area contributed by atoms with Crippen molar-refractivity contribution < 1.29 is 4.21 Å². The Morgan fingerprint density at radius 2 is 2.04 bits per heavy atom. The Morgan fingerprint density at radius 1 is 1.25 bits per heavy atom. The number of hydrogen-bond donors (Lipinski definition) is 0. The van der Waals surface area contributed by atoms with Gasteiger partial charge in [0.2, 0.25) is 0 Å². The Kier molecular flexibility index (Phi) is 5.46. The fourth-order valence-electron chi connectivity index (χ4n) is 2.27. The minimum atomic E-state index is -0.955. The Balaban J connectivity index is 2.19. The highest BCUT2D eigenvalue weighted by Gasteiger charge is 2.16. The quantitative estimate of drug-likeness (QED) is 0.607. The summed E-state index contributed by atoms with van der Waals surface area (Å²) in [6.07, 6.45) is 1.65. The Morgan fingerprint density at radius 3 is 2.67 bits per heavy atom. The van der Waals surface area contributed by atoms with E-state index in [1.165, 1.54) is 11.8 Å². The van der Waals surface area contributed by atoms with Crippen molar-refractivity contribution in [1.29, 1.82) is 5.26 Å². The lowest BCUT2D eigenvalue weighted by molar-refractivity contribution is 0.689. The summed E-state index contributed by atoms with van der Waals surface area (Å²) in [6, 6.07) is 18.1. The summed E-state index contributed by atoms with van der Waals surface area (Å²) in [5.74, 6) is 0. The van der Waals surface area contributed by atoms with E-state index >= 15 is 0 Å². The van der Waals surface area contributed by atoms with Crippen molar-refractivity contribution in [3.05, 3.63) is 59.5 Å². The summed E-state index contributed by atoms with van der Waals surface area (Å²) in [4.78, 5) is 5.71. The highest BCUT2D eigenvalue weighted by atomic mass is 32.2. The molecular weight excluding hydrogens is 356 g/mol. The number of benzene rings is 1. The molecule has 1 aromatic carbocycles. The first kappa shape index (κ1) is 16.9. The highest BCUT2D eigenvalue weighted by Crippen LogP contribution is 2.35. The molecule has 0 saturated heterocycles. The van der Waals surface area contributed by atoms with Crippen molar-refractivity contribution >= 4 is 33.9 Å². The maximum atomic E-state index is 11.5. The second-order valence-electron chi connectivity index (χ2n) is 5.03. The van der Waals surface area contributed by atoms with Crippen molar-refractivity contribution in [3.63, 3.8) is 0 Å². The van der Waals surface area contributed by atoms with Gasteiger partial charge in [-0.15, -0.1) is 11.3 Å². The van der Waals surface area contributed by atoms with Gasteiger partial charge in [0, 0.05) is 22.6 Å². The lowest BCUT2D eigenvalue weighted by Crippen LogP contribution is -1.97. The second-order valence-corrected chi connectivity index (χ2v) is 8.74. The number of pyridine rings is 1. The van der Waals surface area contributed by atoms with Crippen molar-refractivity contribution in [2.24, 2.45) is 0 Å². The molecule has 2 aromatic heterocycles. The molecule has 0 spiro atoms. The fraction of sp³-hybridized carbons (Fsp3) is 0.111. The van der Waals surface area contributed by atoms with Gasteiger partial charge in [0.15, 0.2) is 0 Å². The highest BCUT2D eigenvalue weighted by molar-refractivity contribution is 8.10. The number of thioether (sulfide) groups is 1. The third-order valence-electron chi connectivity index (χ3n) is 3.32. The van der Waals surface area contributed by atoms with Crippen LogP contribution in [0.25, 0.3) is 21.7 Å². The molecule has 24 heavy (non-hydrogen) atoms. The van der Waals surface area contributed by atoms with Gasteiger partial charge >= 0.3 is 0 Å². The lowest BCUT2D eigenvalue weighted by atomic mass is 10.0. The van der Waals surface area contributed by atoms with E-state index < -0.39 is 10.8 Å². The molecule has 120 valence electrons. The predicted molar refractivity (Wildman–Crippen MR) is 102 cm³/mol. The molecule has 0 aliphatic heterocycles. The first-order chi connectivity index (χ1) is 11.7. The molecule has 0 radical (unpaired) electrons. The number of aromatic nitrogens is 1. The molecule has 0 aliphatic carbocycles. The van der Waals surface area contributed by atoms with E-state index in [0.29, 0.717) is 15.7 Å². The molecule has 0 amide bonds. The molecule has 0 N–H and O–H groups in total. The molecule has 1 unspecified atom stereocenters. The van der Waals surface area contributed by atoms with Gasteiger partial charge in [-0.05, 0) is 23.1 Å². The fourth-order valence-corrected chi connectivity index (χ4v) is 4.53. The van der Waals surface area contributed by atoms with Crippen LogP contribution in [0, 0.1) is 11.3 Å². The molecule has 3 aromatic rings. The smallest absolute Gasteiger partial charge is 0.116 e. The van der Waals surface area contributed by atoms with Crippen LogP contribution in [0.4, 0.5) is 0 Å². The summed E-state index contributed by atoms with van der Waals surface area (Å²) in [7, 11) is -0.955. The van der Waals surface area contributed by atoms with Crippen LogP contribution in [0.3, 0.4) is 0 Å². The van der Waals surface area contributed by atoms with Gasteiger partial charge in [-0.1, -0.05) is 48.2 Å². The monoisotopic (exact) mass is 370 g/mol. The summed E-state index contributed by atoms with van der Waals surface area (Å²) in [6.45, 7) is 0. The van der Waals surface area contributed by atoms with Crippen LogP contribution >= 0.6 is 23.1 Å². The first-order valence-electron chi connectivity index (χ1n) is 7.16. The molecule has 0 aliphatic rings. The average Bonchev–Trinajstić information content (AvgIpc) is 3.14. The molecule has 3 nitrogen and oxygen atoms in total. The normalized spacial score (nSPS) is 11.8. The zero-order valence-corrected chi connectivity index (χ0v) is 15.4. The Bertz CT molecular complexity index is 900. The topological polar surface area (TPSA) is 53.8 Å². The van der Waals surface area contributed by atoms with E-state index in [2.05, 4.69) is 11.1 Å². The van der Waals surface area contributed by atoms with Crippen LogP contribution in [-0.2, 0) is 10.8 Å². The van der Waals surface area contributed by atoms with Gasteiger partial charge in [-0.25, -0.2) is 4.98 Å². The summed E-state index contributed by atoms with van der Waals surface area (Å²) >= 11 is 2.98. The van der Waals surface area contributed by atoms with Gasteiger partial charge in [0.05, 0.1) is 21.2 Å². The molecule has 2 heterocycles. The van der Waals surface area contributed by atoms with Crippen molar-refractivity contribution in [3.8, 4) is 27.8 Å². The molecule has 1 atom stereocenters. The molecular formula is C18H14N2OS3. The number of nitrogens with zero attached hydrogens (tertiary/aromatic N) is 2. The second kappa shape index (κ2) is 7.75. The van der Waals surface area contributed by atoms with E-state index in [9.17, 15) is 9.47 Å². The minimum Gasteiger partial charge on any atom is -0.259 e. The number of nitriles is 1. The third kappa shape index (κ3) is 3.75. The van der Waals surface area contributed by atoms with E-state index in [1.807, 2.05) is 53.9 Å². The lowest BCUT2D eigenvalue weighted by Gasteiger charge is -2.11. The number of rotatable bonds is 5.